The molecule has 5 N–H and O–H groups in total. The summed E-state index contributed by atoms with van der Waals surface area (Å²) in [6.07, 6.45) is -8.78. The molecule has 0 spiro atoms. The number of amides is 1. The van der Waals surface area contributed by atoms with E-state index in [1.165, 1.54) is 54.5 Å². The van der Waals surface area contributed by atoms with Gasteiger partial charge in [-0.15, -0.1) is 0 Å². The Labute approximate surface area is 294 Å². The fraction of sp³-hybridized carbons (Fsp3) is 0.324. The Morgan fingerprint density at radius 2 is 1.55 bits per heavy atom. The van der Waals surface area contributed by atoms with Crippen LogP contribution in [-0.4, -0.2) is 83.4 Å². The Morgan fingerprint density at radius 3 is 2.22 bits per heavy atom. The predicted molar refractivity (Wildman–Crippen MR) is 182 cm³/mol. The molecular weight excluding hydrogens is 685 g/mol. The van der Waals surface area contributed by atoms with E-state index < -0.39 is 70.5 Å². The number of rotatable bonds is 12. The van der Waals surface area contributed by atoms with Gasteiger partial charge in [-0.3, -0.25) is 4.79 Å². The Kier molecular flexibility index (Phi) is 10.7. The van der Waals surface area contributed by atoms with Gasteiger partial charge in [0, 0.05) is 18.4 Å². The minimum Gasteiger partial charge on any atom is -0.508 e. The Bertz CT molecular complexity index is 1930. The average molecular weight is 724 g/mol. The molecule has 1 amide bonds. The first-order valence-electron chi connectivity index (χ1n) is 16.3. The number of phenols is 1. The normalized spacial score (nSPS) is 25.6. The highest BCUT2D eigenvalue weighted by Crippen LogP contribution is 2.49. The highest BCUT2D eigenvalue weighted by atomic mass is 32.2. The molecule has 270 valence electrons. The molecule has 0 aromatic heterocycles. The van der Waals surface area contributed by atoms with Crippen LogP contribution in [0, 0.1) is 11.7 Å². The quantitative estimate of drug-likeness (QED) is 0.106. The first kappa shape index (κ1) is 36.4. The Balaban J connectivity index is 1.36. The van der Waals surface area contributed by atoms with Crippen molar-refractivity contribution in [1.82, 2.24) is 0 Å². The number of β-lactam (4-membered cyclic amide) rings is 1. The van der Waals surface area contributed by atoms with Crippen LogP contribution in [0.3, 0.4) is 0 Å². The summed E-state index contributed by atoms with van der Waals surface area (Å²) < 4.78 is 57.1. The van der Waals surface area contributed by atoms with Crippen molar-refractivity contribution in [3.05, 3.63) is 114 Å². The van der Waals surface area contributed by atoms with E-state index in [2.05, 4.69) is 0 Å². The highest BCUT2D eigenvalue weighted by Gasteiger charge is 2.50. The number of phenolic OH excluding ortho intramolecular Hbond substituents is 1. The van der Waals surface area contributed by atoms with Crippen LogP contribution in [0.2, 0.25) is 0 Å². The third-order valence-electron chi connectivity index (χ3n) is 9.27. The molecule has 8 atom stereocenters. The lowest BCUT2D eigenvalue weighted by Gasteiger charge is -2.48. The highest BCUT2D eigenvalue weighted by molar-refractivity contribution is 7.87. The molecule has 2 heterocycles. The van der Waals surface area contributed by atoms with Gasteiger partial charge in [-0.25, -0.2) is 4.39 Å². The molecule has 2 fully saturated rings. The van der Waals surface area contributed by atoms with E-state index in [-0.39, 0.29) is 30.2 Å². The second-order valence-electron chi connectivity index (χ2n) is 12.6. The average Bonchev–Trinajstić information content (AvgIpc) is 3.11. The molecule has 12 nitrogen and oxygen atoms in total. The van der Waals surface area contributed by atoms with Crippen LogP contribution in [0.5, 0.6) is 11.5 Å². The van der Waals surface area contributed by atoms with E-state index in [9.17, 15) is 43.1 Å². The molecule has 0 aliphatic carbocycles. The van der Waals surface area contributed by atoms with Crippen molar-refractivity contribution < 1.29 is 56.8 Å². The summed E-state index contributed by atoms with van der Waals surface area (Å²) in [7, 11) is -3.42. The van der Waals surface area contributed by atoms with E-state index in [0.717, 1.165) is 0 Å². The third-order valence-corrected chi connectivity index (χ3v) is 10.4. The van der Waals surface area contributed by atoms with E-state index >= 15 is 0 Å². The minimum atomic E-state index is -4.61. The number of benzene rings is 4. The molecular formula is C37H38FNO11S. The van der Waals surface area contributed by atoms with Gasteiger partial charge in [0.15, 0.2) is 6.29 Å². The fourth-order valence-electron chi connectivity index (χ4n) is 6.56. The number of hydrogen-bond donors (Lipinski definition) is 5. The van der Waals surface area contributed by atoms with Gasteiger partial charge in [0.05, 0.1) is 18.1 Å². The van der Waals surface area contributed by atoms with Gasteiger partial charge < -0.3 is 44.1 Å². The van der Waals surface area contributed by atoms with Gasteiger partial charge in [-0.1, -0.05) is 54.6 Å². The maximum Gasteiger partial charge on any atom is 0.311 e. The van der Waals surface area contributed by atoms with Crippen LogP contribution < -0.4 is 9.08 Å². The van der Waals surface area contributed by atoms with E-state index in [4.69, 9.17) is 13.7 Å². The Hall–Kier alpha value is -4.41. The molecule has 2 saturated heterocycles. The number of aliphatic hydroxyl groups is 4. The summed E-state index contributed by atoms with van der Waals surface area (Å²) in [5.41, 5.74) is 2.51. The number of aliphatic hydroxyl groups excluding tert-OH is 4. The molecule has 1 unspecified atom stereocenters. The van der Waals surface area contributed by atoms with Crippen LogP contribution in [0.1, 0.15) is 36.1 Å². The van der Waals surface area contributed by atoms with Crippen LogP contribution >= 0.6 is 0 Å². The molecule has 14 heteroatoms. The molecule has 0 radical (unpaired) electrons. The van der Waals surface area contributed by atoms with E-state index in [1.807, 2.05) is 0 Å². The number of methoxy groups -OCH3 is 1. The van der Waals surface area contributed by atoms with Crippen molar-refractivity contribution >= 4 is 21.7 Å². The van der Waals surface area contributed by atoms with Gasteiger partial charge in [-0.05, 0) is 72.0 Å². The second kappa shape index (κ2) is 15.1. The van der Waals surface area contributed by atoms with Crippen molar-refractivity contribution in [1.29, 1.82) is 0 Å². The predicted octanol–water partition coefficient (Wildman–Crippen LogP) is 3.58. The maximum atomic E-state index is 13.8. The zero-order chi connectivity index (χ0) is 36.4. The van der Waals surface area contributed by atoms with Gasteiger partial charge in [0.1, 0.15) is 47.5 Å². The van der Waals surface area contributed by atoms with Gasteiger partial charge in [0.25, 0.3) is 0 Å². The maximum absolute atomic E-state index is 13.8. The van der Waals surface area contributed by atoms with Crippen LogP contribution in [-0.2, 0) is 24.4 Å². The number of halogens is 1. The molecule has 4 aromatic rings. The second-order valence-corrected chi connectivity index (χ2v) is 14.2. The number of para-hydroxylation sites is 1. The molecule has 2 aliphatic heterocycles. The molecule has 2 aliphatic rings. The number of aromatic hydroxyl groups is 1. The summed E-state index contributed by atoms with van der Waals surface area (Å²) in [6.45, 7) is 0. The third kappa shape index (κ3) is 7.77. The summed E-state index contributed by atoms with van der Waals surface area (Å²) >= 11 is 0. The number of carbonyl (C=O) groups is 1. The topological polar surface area (TPSA) is 183 Å². The van der Waals surface area contributed by atoms with Crippen LogP contribution in [0.25, 0.3) is 11.1 Å². The standard InChI is InChI=1S/C37H38FNO11S/c1-48-37-35(44)34(43)33(42)31(49-37)20-51(46,47)50-30-19-23(21-9-14-26(40)15-10-21)11-16-27(30)32-28(36(45)39(32)25-5-3-2-4-6-25)17-18-29(41)22-7-12-24(38)13-8-22/h2-16,19,28-29,31-35,37,40-44H,17-18,20H2,1H3/t28-,29+,31?,32-,33+,34-,35+,37-/m1/s1. The van der Waals surface area contributed by atoms with Crippen LogP contribution in [0.4, 0.5) is 10.1 Å². The van der Waals surface area contributed by atoms with Gasteiger partial charge in [-0.2, -0.15) is 8.42 Å². The summed E-state index contributed by atoms with van der Waals surface area (Å²) in [4.78, 5) is 15.3. The molecule has 0 saturated carbocycles. The molecule has 0 bridgehead atoms. The summed E-state index contributed by atoms with van der Waals surface area (Å²) in [6, 6.07) is 24.5. The lowest BCUT2D eigenvalue weighted by Crippen LogP contribution is -2.59. The number of nitrogens with zero attached hydrogens (tertiary/aromatic N) is 1. The monoisotopic (exact) mass is 723 g/mol. The number of carbonyl (C=O) groups excluding carboxylic acids is 1. The number of ether oxygens (including phenoxy) is 2. The smallest absolute Gasteiger partial charge is 0.311 e. The lowest BCUT2D eigenvalue weighted by molar-refractivity contribution is -0.285. The summed E-state index contributed by atoms with van der Waals surface area (Å²) in [5, 5.41) is 51.8. The van der Waals surface area contributed by atoms with Gasteiger partial charge in [0.2, 0.25) is 5.91 Å². The molecule has 4 aromatic carbocycles. The SMILES string of the molecule is CO[C@@H]1OC(CS(=O)(=O)Oc2cc(-c3ccc(O)cc3)ccc2[C@@H]2[C@@H](CC[C@H](O)c3ccc(F)cc3)C(=O)N2c2ccccc2)[C@H](O)[C@@H](O)[C@@H]1O. The number of anilines is 1. The summed E-state index contributed by atoms with van der Waals surface area (Å²) in [5.74, 6) is -2.46. The molecule has 6 rings (SSSR count). The lowest BCUT2D eigenvalue weighted by atomic mass is 9.77. The van der Waals surface area contributed by atoms with Crippen molar-refractivity contribution in [2.45, 2.75) is 55.7 Å². The first-order valence-corrected chi connectivity index (χ1v) is 17.8. The zero-order valence-electron chi connectivity index (χ0n) is 27.4. The molecule has 51 heavy (non-hydrogen) atoms. The largest absolute Gasteiger partial charge is 0.508 e. The van der Waals surface area contributed by atoms with Crippen molar-refractivity contribution in [2.24, 2.45) is 5.92 Å². The first-order chi connectivity index (χ1) is 24.4. The van der Waals surface area contributed by atoms with E-state index in [1.54, 1.807) is 54.6 Å². The van der Waals surface area contributed by atoms with Crippen molar-refractivity contribution in [3.63, 3.8) is 0 Å². The zero-order valence-corrected chi connectivity index (χ0v) is 28.2. The number of hydrogen-bond acceptors (Lipinski definition) is 11. The van der Waals surface area contributed by atoms with E-state index in [0.29, 0.717) is 27.9 Å². The van der Waals surface area contributed by atoms with Crippen molar-refractivity contribution in [2.75, 3.05) is 17.8 Å². The van der Waals surface area contributed by atoms with Crippen molar-refractivity contribution in [3.8, 4) is 22.6 Å². The minimum absolute atomic E-state index is 0.0271. The fourth-order valence-corrected chi connectivity index (χ4v) is 7.72. The van der Waals surface area contributed by atoms with Crippen LogP contribution in [0.15, 0.2) is 97.1 Å². The van der Waals surface area contributed by atoms with Gasteiger partial charge >= 0.3 is 10.1 Å². The Morgan fingerprint density at radius 1 is 0.882 bits per heavy atom.